The summed E-state index contributed by atoms with van der Waals surface area (Å²) in [7, 11) is -3.99. The summed E-state index contributed by atoms with van der Waals surface area (Å²) in [6.45, 7) is 2.08. The van der Waals surface area contributed by atoms with Crippen molar-refractivity contribution in [2.45, 2.75) is 18.4 Å². The fraction of sp³-hybridized carbons (Fsp3) is 0.0952. The zero-order chi connectivity index (χ0) is 19.0. The first-order valence-corrected chi connectivity index (χ1v) is 9.99. The normalized spacial score (nSPS) is 15.5. The van der Waals surface area contributed by atoms with Crippen LogP contribution in [-0.4, -0.2) is 14.4 Å². The maximum absolute atomic E-state index is 13.3. The summed E-state index contributed by atoms with van der Waals surface area (Å²) in [5, 5.41) is 0. The van der Waals surface area contributed by atoms with Crippen molar-refractivity contribution in [1.82, 2.24) is 0 Å². The van der Waals surface area contributed by atoms with Crippen LogP contribution in [0.2, 0.25) is 0 Å². The number of sulfonamides is 1. The third kappa shape index (κ3) is 2.88. The molecule has 3 aromatic rings. The fourth-order valence-electron chi connectivity index (χ4n) is 3.25. The predicted octanol–water partition coefficient (Wildman–Crippen LogP) is 4.33. The van der Waals surface area contributed by atoms with Gasteiger partial charge in [-0.25, -0.2) is 13.2 Å². The van der Waals surface area contributed by atoms with Gasteiger partial charge >= 0.3 is 6.03 Å². The standard InChI is InChI=1S/C21H18N2O3S/c1-16-9-5-6-12-18(16)23-21(24)22(15-17-10-3-2-4-11-17)19-13-7-8-14-20(19)27(23,25)26/h2-14H,15H2,1H3. The van der Waals surface area contributed by atoms with E-state index in [1.165, 1.54) is 4.90 Å². The van der Waals surface area contributed by atoms with E-state index < -0.39 is 16.1 Å². The van der Waals surface area contributed by atoms with Crippen molar-refractivity contribution in [3.63, 3.8) is 0 Å². The number of aryl methyl sites for hydroxylation is 1. The minimum atomic E-state index is -3.99. The van der Waals surface area contributed by atoms with Crippen molar-refractivity contribution in [3.05, 3.63) is 90.0 Å². The molecule has 6 heteroatoms. The number of hydrogen-bond acceptors (Lipinski definition) is 3. The van der Waals surface area contributed by atoms with Crippen molar-refractivity contribution in [2.75, 3.05) is 9.21 Å². The van der Waals surface area contributed by atoms with Crippen molar-refractivity contribution in [3.8, 4) is 0 Å². The molecule has 136 valence electrons. The first-order valence-electron chi connectivity index (χ1n) is 8.55. The summed E-state index contributed by atoms with van der Waals surface area (Å²) in [5.74, 6) is 0. The van der Waals surface area contributed by atoms with Gasteiger partial charge < -0.3 is 0 Å². The van der Waals surface area contributed by atoms with Gasteiger partial charge in [0.25, 0.3) is 10.0 Å². The van der Waals surface area contributed by atoms with Crippen LogP contribution in [-0.2, 0) is 16.6 Å². The fourth-order valence-corrected chi connectivity index (χ4v) is 4.91. The third-order valence-electron chi connectivity index (χ3n) is 4.60. The molecule has 0 atom stereocenters. The Morgan fingerprint density at radius 2 is 1.37 bits per heavy atom. The van der Waals surface area contributed by atoms with Crippen molar-refractivity contribution in [2.24, 2.45) is 0 Å². The van der Waals surface area contributed by atoms with E-state index in [0.29, 0.717) is 16.9 Å². The Bertz CT molecular complexity index is 1110. The lowest BCUT2D eigenvalue weighted by atomic mass is 10.2. The van der Waals surface area contributed by atoms with Crippen LogP contribution >= 0.6 is 0 Å². The first kappa shape index (κ1) is 17.3. The number of carbonyl (C=O) groups excluding carboxylic acids is 1. The topological polar surface area (TPSA) is 57.7 Å². The molecule has 0 unspecified atom stereocenters. The minimum Gasteiger partial charge on any atom is -0.287 e. The molecule has 4 rings (SSSR count). The Kier molecular flexibility index (Phi) is 4.20. The number of urea groups is 1. The van der Waals surface area contributed by atoms with Crippen LogP contribution in [0.15, 0.2) is 83.8 Å². The number of nitrogens with zero attached hydrogens (tertiary/aromatic N) is 2. The number of hydrogen-bond donors (Lipinski definition) is 0. The second-order valence-electron chi connectivity index (χ2n) is 6.38. The molecule has 0 bridgehead atoms. The van der Waals surface area contributed by atoms with E-state index in [1.807, 2.05) is 36.4 Å². The molecule has 1 aliphatic heterocycles. The van der Waals surface area contributed by atoms with Crippen molar-refractivity contribution in [1.29, 1.82) is 0 Å². The highest BCUT2D eigenvalue weighted by Gasteiger charge is 2.42. The molecular formula is C21H18N2O3S. The highest BCUT2D eigenvalue weighted by Crippen LogP contribution is 2.38. The second kappa shape index (κ2) is 6.55. The highest BCUT2D eigenvalue weighted by molar-refractivity contribution is 7.94. The van der Waals surface area contributed by atoms with Gasteiger partial charge in [0.05, 0.1) is 17.9 Å². The molecule has 5 nitrogen and oxygen atoms in total. The van der Waals surface area contributed by atoms with E-state index in [2.05, 4.69) is 0 Å². The molecule has 0 saturated heterocycles. The Morgan fingerprint density at radius 3 is 2.07 bits per heavy atom. The molecule has 3 aromatic carbocycles. The number of rotatable bonds is 3. The molecule has 1 heterocycles. The van der Waals surface area contributed by atoms with Gasteiger partial charge in [-0.2, -0.15) is 4.31 Å². The Labute approximate surface area is 158 Å². The van der Waals surface area contributed by atoms with Crippen LogP contribution in [0.1, 0.15) is 11.1 Å². The molecule has 0 aliphatic carbocycles. The van der Waals surface area contributed by atoms with Gasteiger partial charge in [-0.3, -0.25) is 4.90 Å². The lowest BCUT2D eigenvalue weighted by Gasteiger charge is -2.36. The third-order valence-corrected chi connectivity index (χ3v) is 6.33. The molecule has 0 N–H and O–H groups in total. The lowest BCUT2D eigenvalue weighted by Crippen LogP contribution is -2.51. The zero-order valence-electron chi connectivity index (χ0n) is 14.7. The lowest BCUT2D eigenvalue weighted by molar-refractivity contribution is 0.253. The smallest absolute Gasteiger partial charge is 0.287 e. The summed E-state index contributed by atoms with van der Waals surface area (Å²) in [4.78, 5) is 15.0. The Balaban J connectivity index is 1.90. The quantitative estimate of drug-likeness (QED) is 0.682. The Morgan fingerprint density at radius 1 is 0.778 bits per heavy atom. The largest absolute Gasteiger partial charge is 0.343 e. The molecule has 0 radical (unpaired) electrons. The average molecular weight is 378 g/mol. The van der Waals surface area contributed by atoms with E-state index in [-0.39, 0.29) is 11.4 Å². The van der Waals surface area contributed by atoms with E-state index >= 15 is 0 Å². The molecule has 0 spiro atoms. The second-order valence-corrected chi connectivity index (χ2v) is 8.13. The molecule has 2 amide bonds. The molecule has 0 aromatic heterocycles. The average Bonchev–Trinajstić information content (AvgIpc) is 2.67. The Hall–Kier alpha value is -3.12. The summed E-state index contributed by atoms with van der Waals surface area (Å²) in [6.07, 6.45) is 0. The van der Waals surface area contributed by atoms with Crippen LogP contribution < -0.4 is 9.21 Å². The number of anilines is 2. The molecular weight excluding hydrogens is 360 g/mol. The van der Waals surface area contributed by atoms with Gasteiger partial charge in [0.15, 0.2) is 0 Å². The number of carbonyl (C=O) groups is 1. The highest BCUT2D eigenvalue weighted by atomic mass is 32.2. The zero-order valence-corrected chi connectivity index (χ0v) is 15.6. The summed E-state index contributed by atoms with van der Waals surface area (Å²) in [5.41, 5.74) is 2.41. The van der Waals surface area contributed by atoms with Crippen LogP contribution in [0.25, 0.3) is 0 Å². The van der Waals surface area contributed by atoms with Crippen LogP contribution in [0.5, 0.6) is 0 Å². The van der Waals surface area contributed by atoms with Gasteiger partial charge in [-0.05, 0) is 36.2 Å². The van der Waals surface area contributed by atoms with E-state index in [9.17, 15) is 13.2 Å². The van der Waals surface area contributed by atoms with Crippen LogP contribution in [0, 0.1) is 6.92 Å². The van der Waals surface area contributed by atoms with Crippen LogP contribution in [0.3, 0.4) is 0 Å². The summed E-state index contributed by atoms with van der Waals surface area (Å²) >= 11 is 0. The molecule has 0 saturated carbocycles. The number of amides is 2. The van der Waals surface area contributed by atoms with Gasteiger partial charge in [0.2, 0.25) is 0 Å². The van der Waals surface area contributed by atoms with Gasteiger partial charge in [0, 0.05) is 0 Å². The molecule has 1 aliphatic rings. The van der Waals surface area contributed by atoms with Crippen molar-refractivity contribution >= 4 is 27.4 Å². The maximum Gasteiger partial charge on any atom is 0.343 e. The molecule has 27 heavy (non-hydrogen) atoms. The number of benzene rings is 3. The van der Waals surface area contributed by atoms with Gasteiger partial charge in [0.1, 0.15) is 4.90 Å². The monoisotopic (exact) mass is 378 g/mol. The summed E-state index contributed by atoms with van der Waals surface area (Å²) < 4.78 is 27.4. The van der Waals surface area contributed by atoms with Crippen LogP contribution in [0.4, 0.5) is 16.2 Å². The maximum atomic E-state index is 13.3. The number of fused-ring (bicyclic) bond motifs is 1. The predicted molar refractivity (Wildman–Crippen MR) is 105 cm³/mol. The van der Waals surface area contributed by atoms with Crippen molar-refractivity contribution < 1.29 is 13.2 Å². The van der Waals surface area contributed by atoms with E-state index in [4.69, 9.17) is 0 Å². The van der Waals surface area contributed by atoms with E-state index in [1.54, 1.807) is 49.4 Å². The van der Waals surface area contributed by atoms with E-state index in [0.717, 1.165) is 9.87 Å². The van der Waals surface area contributed by atoms with Gasteiger partial charge in [-0.1, -0.05) is 60.7 Å². The summed E-state index contributed by atoms with van der Waals surface area (Å²) in [6, 6.07) is 22.6. The SMILES string of the molecule is Cc1ccccc1N1C(=O)N(Cc2ccccc2)c2ccccc2S1(=O)=O. The number of para-hydroxylation sites is 2. The molecule has 0 fully saturated rings. The minimum absolute atomic E-state index is 0.129. The first-order chi connectivity index (χ1) is 13.0. The van der Waals surface area contributed by atoms with Gasteiger partial charge in [-0.15, -0.1) is 0 Å².